The number of hydrogen-bond acceptors (Lipinski definition) is 4. The number of nitrogens with zero attached hydrogens (tertiary/aromatic N) is 3. The lowest BCUT2D eigenvalue weighted by molar-refractivity contribution is -0.132. The summed E-state index contributed by atoms with van der Waals surface area (Å²) < 4.78 is 5.73. The molecule has 126 valence electrons. The number of aromatic nitrogens is 1. The van der Waals surface area contributed by atoms with E-state index in [9.17, 15) is 10.1 Å². The minimum absolute atomic E-state index is 0.00140. The summed E-state index contributed by atoms with van der Waals surface area (Å²) in [5.41, 5.74) is 1.80. The SMILES string of the molecule is N#CC(=Cc1ccccc1OCC(=O)N1CCCC1)c1ccccn1. The third kappa shape index (κ3) is 4.24. The van der Waals surface area contributed by atoms with Crippen LogP contribution in [0.4, 0.5) is 0 Å². The van der Waals surface area contributed by atoms with E-state index in [-0.39, 0.29) is 12.5 Å². The van der Waals surface area contributed by atoms with Gasteiger partial charge in [0.2, 0.25) is 0 Å². The lowest BCUT2D eigenvalue weighted by Gasteiger charge is -2.16. The number of rotatable bonds is 5. The predicted octanol–water partition coefficient (Wildman–Crippen LogP) is 3.15. The fraction of sp³-hybridized carbons (Fsp3) is 0.250. The standard InChI is InChI=1S/C20H19N3O2/c21-14-17(18-8-3-4-10-22-18)13-16-7-1-2-9-19(16)25-15-20(24)23-11-5-6-12-23/h1-4,7-10,13H,5-6,11-12,15H2. The number of hydrogen-bond donors (Lipinski definition) is 0. The molecule has 1 saturated heterocycles. The van der Waals surface area contributed by atoms with Crippen molar-refractivity contribution in [3.8, 4) is 11.8 Å². The first-order valence-electron chi connectivity index (χ1n) is 8.31. The van der Waals surface area contributed by atoms with E-state index in [1.807, 2.05) is 29.2 Å². The first kappa shape index (κ1) is 16.7. The maximum absolute atomic E-state index is 12.2. The van der Waals surface area contributed by atoms with E-state index in [0.717, 1.165) is 31.5 Å². The van der Waals surface area contributed by atoms with Gasteiger partial charge in [0.05, 0.1) is 11.3 Å². The second-order valence-electron chi connectivity index (χ2n) is 5.80. The molecule has 25 heavy (non-hydrogen) atoms. The molecule has 1 aliphatic rings. The lowest BCUT2D eigenvalue weighted by atomic mass is 10.1. The number of para-hydroxylation sites is 1. The largest absolute Gasteiger partial charge is 0.483 e. The van der Waals surface area contributed by atoms with Crippen molar-refractivity contribution in [1.29, 1.82) is 5.26 Å². The molecule has 1 aliphatic heterocycles. The lowest BCUT2D eigenvalue weighted by Crippen LogP contribution is -2.32. The highest BCUT2D eigenvalue weighted by molar-refractivity contribution is 5.89. The molecule has 1 amide bonds. The Bertz CT molecular complexity index is 803. The zero-order valence-electron chi connectivity index (χ0n) is 13.9. The van der Waals surface area contributed by atoms with E-state index in [1.54, 1.807) is 30.5 Å². The molecule has 0 N–H and O–H groups in total. The van der Waals surface area contributed by atoms with Crippen molar-refractivity contribution in [1.82, 2.24) is 9.88 Å². The van der Waals surface area contributed by atoms with Gasteiger partial charge < -0.3 is 9.64 Å². The van der Waals surface area contributed by atoms with Gasteiger partial charge in [0, 0.05) is 24.8 Å². The Morgan fingerprint density at radius 1 is 1.20 bits per heavy atom. The number of nitriles is 1. The number of allylic oxidation sites excluding steroid dienone is 1. The first-order valence-corrected chi connectivity index (χ1v) is 8.31. The summed E-state index contributed by atoms with van der Waals surface area (Å²) in [4.78, 5) is 18.2. The fourth-order valence-electron chi connectivity index (χ4n) is 2.77. The monoisotopic (exact) mass is 333 g/mol. The number of ether oxygens (including phenoxy) is 1. The molecule has 0 aliphatic carbocycles. The molecular formula is C20H19N3O2. The van der Waals surface area contributed by atoms with Gasteiger partial charge in [-0.15, -0.1) is 0 Å². The van der Waals surface area contributed by atoms with Crippen LogP contribution in [0.25, 0.3) is 11.6 Å². The second-order valence-corrected chi connectivity index (χ2v) is 5.80. The summed E-state index contributed by atoms with van der Waals surface area (Å²) in [6, 6.07) is 15.0. The van der Waals surface area contributed by atoms with Crippen molar-refractivity contribution < 1.29 is 9.53 Å². The van der Waals surface area contributed by atoms with Gasteiger partial charge in [-0.05, 0) is 37.1 Å². The van der Waals surface area contributed by atoms with Crippen molar-refractivity contribution >= 4 is 17.6 Å². The molecule has 2 heterocycles. The highest BCUT2D eigenvalue weighted by atomic mass is 16.5. The van der Waals surface area contributed by atoms with Gasteiger partial charge in [-0.3, -0.25) is 9.78 Å². The summed E-state index contributed by atoms with van der Waals surface area (Å²) in [6.45, 7) is 1.63. The van der Waals surface area contributed by atoms with Gasteiger partial charge in [-0.2, -0.15) is 5.26 Å². The molecule has 0 atom stereocenters. The van der Waals surface area contributed by atoms with E-state index < -0.39 is 0 Å². The minimum Gasteiger partial charge on any atom is -0.483 e. The quantitative estimate of drug-likeness (QED) is 0.788. The maximum Gasteiger partial charge on any atom is 0.260 e. The third-order valence-electron chi connectivity index (χ3n) is 4.09. The number of pyridine rings is 1. The highest BCUT2D eigenvalue weighted by Crippen LogP contribution is 2.24. The van der Waals surface area contributed by atoms with Crippen molar-refractivity contribution in [3.05, 3.63) is 59.9 Å². The number of carbonyl (C=O) groups excluding carboxylic acids is 1. The third-order valence-corrected chi connectivity index (χ3v) is 4.09. The maximum atomic E-state index is 12.2. The van der Waals surface area contributed by atoms with Gasteiger partial charge in [0.1, 0.15) is 11.8 Å². The fourth-order valence-corrected chi connectivity index (χ4v) is 2.77. The Morgan fingerprint density at radius 2 is 1.96 bits per heavy atom. The van der Waals surface area contributed by atoms with Gasteiger partial charge in [0.25, 0.3) is 5.91 Å². The van der Waals surface area contributed by atoms with Crippen LogP contribution in [0, 0.1) is 11.3 Å². The molecule has 5 nitrogen and oxygen atoms in total. The molecule has 1 fully saturated rings. The Labute approximate surface area is 147 Å². The average molecular weight is 333 g/mol. The molecule has 1 aromatic heterocycles. The average Bonchev–Trinajstić information content (AvgIpc) is 3.20. The van der Waals surface area contributed by atoms with Crippen LogP contribution in [0.2, 0.25) is 0 Å². The van der Waals surface area contributed by atoms with E-state index in [1.165, 1.54) is 0 Å². The van der Waals surface area contributed by atoms with Gasteiger partial charge in [-0.25, -0.2) is 0 Å². The zero-order valence-corrected chi connectivity index (χ0v) is 13.9. The van der Waals surface area contributed by atoms with Crippen molar-refractivity contribution in [2.75, 3.05) is 19.7 Å². The Morgan fingerprint density at radius 3 is 2.68 bits per heavy atom. The van der Waals surface area contributed by atoms with E-state index in [2.05, 4.69) is 11.1 Å². The zero-order chi connectivity index (χ0) is 17.5. The summed E-state index contributed by atoms with van der Waals surface area (Å²) in [6.07, 6.45) is 5.50. The van der Waals surface area contributed by atoms with Crippen LogP contribution < -0.4 is 4.74 Å². The number of benzene rings is 1. The summed E-state index contributed by atoms with van der Waals surface area (Å²) in [5.74, 6) is 0.584. The summed E-state index contributed by atoms with van der Waals surface area (Å²) in [5, 5.41) is 9.43. The van der Waals surface area contributed by atoms with E-state index >= 15 is 0 Å². The molecule has 0 unspecified atom stereocenters. The highest BCUT2D eigenvalue weighted by Gasteiger charge is 2.18. The van der Waals surface area contributed by atoms with Crippen LogP contribution in [-0.4, -0.2) is 35.5 Å². The van der Waals surface area contributed by atoms with Crippen LogP contribution in [-0.2, 0) is 4.79 Å². The van der Waals surface area contributed by atoms with Crippen molar-refractivity contribution in [3.63, 3.8) is 0 Å². The molecule has 1 aromatic carbocycles. The Hall–Kier alpha value is -3.13. The van der Waals surface area contributed by atoms with Crippen LogP contribution in [0.1, 0.15) is 24.1 Å². The summed E-state index contributed by atoms with van der Waals surface area (Å²) >= 11 is 0. The Balaban J connectivity index is 1.77. The van der Waals surface area contributed by atoms with E-state index in [4.69, 9.17) is 4.74 Å². The number of amides is 1. The molecule has 5 heteroatoms. The van der Waals surface area contributed by atoms with Crippen LogP contribution in [0.5, 0.6) is 5.75 Å². The molecule has 0 bridgehead atoms. The van der Waals surface area contributed by atoms with Gasteiger partial charge >= 0.3 is 0 Å². The minimum atomic E-state index is 0.00140. The second kappa shape index (κ2) is 8.11. The number of carbonyl (C=O) groups is 1. The van der Waals surface area contributed by atoms with Gasteiger partial charge in [-0.1, -0.05) is 24.3 Å². The first-order chi connectivity index (χ1) is 12.3. The number of likely N-dealkylation sites (tertiary alicyclic amines) is 1. The van der Waals surface area contributed by atoms with Crippen LogP contribution >= 0.6 is 0 Å². The van der Waals surface area contributed by atoms with E-state index in [0.29, 0.717) is 17.0 Å². The topological polar surface area (TPSA) is 66.2 Å². The molecule has 3 rings (SSSR count). The molecule has 0 radical (unpaired) electrons. The smallest absolute Gasteiger partial charge is 0.260 e. The molecule has 0 saturated carbocycles. The molecule has 2 aromatic rings. The van der Waals surface area contributed by atoms with Crippen LogP contribution in [0.3, 0.4) is 0 Å². The van der Waals surface area contributed by atoms with Gasteiger partial charge in [0.15, 0.2) is 6.61 Å². The normalized spacial score (nSPS) is 14.2. The predicted molar refractivity (Wildman–Crippen MR) is 95.5 cm³/mol. The van der Waals surface area contributed by atoms with Crippen molar-refractivity contribution in [2.45, 2.75) is 12.8 Å². The Kier molecular flexibility index (Phi) is 5.43. The van der Waals surface area contributed by atoms with Crippen molar-refractivity contribution in [2.24, 2.45) is 0 Å². The summed E-state index contributed by atoms with van der Waals surface area (Å²) in [7, 11) is 0. The molecular weight excluding hydrogens is 314 g/mol. The van der Waals surface area contributed by atoms with Crippen LogP contribution in [0.15, 0.2) is 48.7 Å². The molecule has 0 spiro atoms.